The Hall–Kier alpha value is -1.26. The molecule has 1 aromatic rings. The van der Waals surface area contributed by atoms with Crippen LogP contribution in [0, 0.1) is 0 Å². The van der Waals surface area contributed by atoms with Gasteiger partial charge < -0.3 is 15.2 Å². The first-order chi connectivity index (χ1) is 9.06. The number of carbonyl (C=O) groups is 1. The van der Waals surface area contributed by atoms with Crippen LogP contribution >= 0.6 is 11.6 Å². The van der Waals surface area contributed by atoms with Gasteiger partial charge in [0.25, 0.3) is 0 Å². The molecule has 1 atom stereocenters. The molecule has 2 N–H and O–H groups in total. The average Bonchev–Trinajstić information content (AvgIpc) is 2.40. The maximum absolute atomic E-state index is 10.9. The number of benzene rings is 1. The summed E-state index contributed by atoms with van der Waals surface area (Å²) in [6, 6.07) is 5.73. The van der Waals surface area contributed by atoms with E-state index in [1.165, 1.54) is 7.11 Å². The molecule has 4 nitrogen and oxygen atoms in total. The summed E-state index contributed by atoms with van der Waals surface area (Å²) in [6.45, 7) is 2.30. The van der Waals surface area contributed by atoms with Crippen LogP contribution in [0.15, 0.2) is 18.2 Å². The van der Waals surface area contributed by atoms with E-state index < -0.39 is 0 Å². The number of methoxy groups -OCH3 is 1. The predicted octanol–water partition coefficient (Wildman–Crippen LogP) is 2.56. The number of carbonyl (C=O) groups excluding carboxylic acids is 1. The Morgan fingerprint density at radius 1 is 1.47 bits per heavy atom. The van der Waals surface area contributed by atoms with Gasteiger partial charge in [-0.1, -0.05) is 24.6 Å². The van der Waals surface area contributed by atoms with Crippen molar-refractivity contribution in [2.75, 3.05) is 13.7 Å². The largest absolute Gasteiger partial charge is 0.491 e. The molecular formula is C14H20ClNO3. The molecule has 0 bridgehead atoms. The first-order valence-electron chi connectivity index (χ1n) is 6.30. The van der Waals surface area contributed by atoms with Crippen LogP contribution in [-0.2, 0) is 16.0 Å². The molecule has 0 aromatic heterocycles. The average molecular weight is 286 g/mol. The standard InChI is InChI=1S/C14H20ClNO3/c1-3-11(16)8-10-4-5-13(12(15)9-10)19-7-6-14(17)18-2/h4-5,9,11H,3,6-8,16H2,1-2H3. The topological polar surface area (TPSA) is 61.5 Å². The number of nitrogens with two attached hydrogens (primary N) is 1. The minimum absolute atomic E-state index is 0.141. The van der Waals surface area contributed by atoms with Crippen molar-refractivity contribution < 1.29 is 14.3 Å². The van der Waals surface area contributed by atoms with E-state index in [2.05, 4.69) is 11.7 Å². The van der Waals surface area contributed by atoms with Gasteiger partial charge in [-0.25, -0.2) is 0 Å². The van der Waals surface area contributed by atoms with Gasteiger partial charge in [0.05, 0.1) is 25.2 Å². The zero-order valence-corrected chi connectivity index (χ0v) is 12.1. The number of hydrogen-bond acceptors (Lipinski definition) is 4. The highest BCUT2D eigenvalue weighted by Gasteiger charge is 2.07. The van der Waals surface area contributed by atoms with Crippen molar-refractivity contribution in [1.82, 2.24) is 0 Å². The van der Waals surface area contributed by atoms with Crippen molar-refractivity contribution in [1.29, 1.82) is 0 Å². The summed E-state index contributed by atoms with van der Waals surface area (Å²) >= 11 is 6.12. The van der Waals surface area contributed by atoms with Crippen molar-refractivity contribution in [3.63, 3.8) is 0 Å². The van der Waals surface area contributed by atoms with Crippen LogP contribution in [0.5, 0.6) is 5.75 Å². The molecular weight excluding hydrogens is 266 g/mol. The Labute approximate surface area is 118 Å². The van der Waals surface area contributed by atoms with Crippen LogP contribution in [0.3, 0.4) is 0 Å². The van der Waals surface area contributed by atoms with Gasteiger partial charge in [0.1, 0.15) is 5.75 Å². The lowest BCUT2D eigenvalue weighted by atomic mass is 10.0. The van der Waals surface area contributed by atoms with Gasteiger partial charge in [0.2, 0.25) is 0 Å². The molecule has 106 valence electrons. The lowest BCUT2D eigenvalue weighted by Gasteiger charge is -2.11. The first kappa shape index (κ1) is 15.8. The summed E-state index contributed by atoms with van der Waals surface area (Å²) in [4.78, 5) is 10.9. The van der Waals surface area contributed by atoms with Crippen molar-refractivity contribution in [2.24, 2.45) is 5.73 Å². The Morgan fingerprint density at radius 2 is 2.21 bits per heavy atom. The second-order valence-electron chi connectivity index (χ2n) is 4.31. The van der Waals surface area contributed by atoms with Crippen LogP contribution in [0.4, 0.5) is 0 Å². The lowest BCUT2D eigenvalue weighted by Crippen LogP contribution is -2.21. The molecule has 0 saturated carbocycles. The van der Waals surface area contributed by atoms with E-state index in [-0.39, 0.29) is 25.0 Å². The summed E-state index contributed by atoms with van der Waals surface area (Å²) in [5.41, 5.74) is 6.98. The molecule has 1 unspecified atom stereocenters. The Kier molecular flexibility index (Phi) is 6.67. The number of esters is 1. The summed E-state index contributed by atoms with van der Waals surface area (Å²) in [5.74, 6) is 0.265. The van der Waals surface area contributed by atoms with Crippen LogP contribution in [0.1, 0.15) is 25.3 Å². The first-order valence-corrected chi connectivity index (χ1v) is 6.68. The minimum Gasteiger partial charge on any atom is -0.491 e. The van der Waals surface area contributed by atoms with Crippen LogP contribution in [0.25, 0.3) is 0 Å². The van der Waals surface area contributed by atoms with Gasteiger partial charge in [-0.3, -0.25) is 4.79 Å². The second-order valence-corrected chi connectivity index (χ2v) is 4.72. The number of rotatable bonds is 7. The Balaban J connectivity index is 2.54. The molecule has 0 saturated heterocycles. The number of hydrogen-bond donors (Lipinski definition) is 1. The van der Waals surface area contributed by atoms with Crippen molar-refractivity contribution in [2.45, 2.75) is 32.2 Å². The molecule has 0 heterocycles. The van der Waals surface area contributed by atoms with Gasteiger partial charge in [0, 0.05) is 6.04 Å². The fourth-order valence-electron chi connectivity index (χ4n) is 1.58. The molecule has 0 spiro atoms. The fraction of sp³-hybridized carbons (Fsp3) is 0.500. The van der Waals surface area contributed by atoms with Gasteiger partial charge in [-0.05, 0) is 30.5 Å². The third-order valence-corrected chi connectivity index (χ3v) is 3.11. The van der Waals surface area contributed by atoms with Gasteiger partial charge >= 0.3 is 5.97 Å². The molecule has 0 fully saturated rings. The highest BCUT2D eigenvalue weighted by atomic mass is 35.5. The van der Waals surface area contributed by atoms with Crippen LogP contribution in [-0.4, -0.2) is 25.7 Å². The Morgan fingerprint density at radius 3 is 2.79 bits per heavy atom. The SMILES string of the molecule is CCC(N)Cc1ccc(OCCC(=O)OC)c(Cl)c1. The smallest absolute Gasteiger partial charge is 0.308 e. The summed E-state index contributed by atoms with van der Waals surface area (Å²) < 4.78 is 9.96. The van der Waals surface area contributed by atoms with Crippen molar-refractivity contribution in [3.05, 3.63) is 28.8 Å². The van der Waals surface area contributed by atoms with E-state index in [4.69, 9.17) is 22.1 Å². The van der Waals surface area contributed by atoms with Crippen molar-refractivity contribution in [3.8, 4) is 5.75 Å². The van der Waals surface area contributed by atoms with E-state index >= 15 is 0 Å². The summed E-state index contributed by atoms with van der Waals surface area (Å²) in [6.07, 6.45) is 1.92. The normalized spacial score (nSPS) is 12.0. The van der Waals surface area contributed by atoms with Crippen LogP contribution in [0.2, 0.25) is 5.02 Å². The molecule has 0 amide bonds. The zero-order valence-electron chi connectivity index (χ0n) is 11.3. The number of halogens is 1. The van der Waals surface area contributed by atoms with Crippen molar-refractivity contribution >= 4 is 17.6 Å². The molecule has 1 aromatic carbocycles. The molecule has 0 aliphatic heterocycles. The third-order valence-electron chi connectivity index (χ3n) is 2.81. The quantitative estimate of drug-likeness (QED) is 0.782. The highest BCUT2D eigenvalue weighted by Crippen LogP contribution is 2.26. The maximum Gasteiger partial charge on any atom is 0.308 e. The van der Waals surface area contributed by atoms with Gasteiger partial charge in [-0.2, -0.15) is 0 Å². The maximum atomic E-state index is 10.9. The van der Waals surface area contributed by atoms with Gasteiger partial charge in [0.15, 0.2) is 0 Å². The second kappa shape index (κ2) is 8.02. The molecule has 0 aliphatic carbocycles. The Bertz CT molecular complexity index is 423. The summed E-state index contributed by atoms with van der Waals surface area (Å²) in [7, 11) is 1.35. The number of ether oxygens (including phenoxy) is 2. The lowest BCUT2D eigenvalue weighted by molar-refractivity contribution is -0.141. The molecule has 1 rings (SSSR count). The minimum atomic E-state index is -0.304. The van der Waals surface area contributed by atoms with E-state index in [0.29, 0.717) is 10.8 Å². The van der Waals surface area contributed by atoms with Gasteiger partial charge in [-0.15, -0.1) is 0 Å². The highest BCUT2D eigenvalue weighted by molar-refractivity contribution is 6.32. The zero-order chi connectivity index (χ0) is 14.3. The third kappa shape index (κ3) is 5.49. The van der Waals surface area contributed by atoms with E-state index in [1.54, 1.807) is 6.07 Å². The van der Waals surface area contributed by atoms with E-state index in [0.717, 1.165) is 18.4 Å². The summed E-state index contributed by atoms with van der Waals surface area (Å²) in [5, 5.41) is 0.533. The molecule has 0 radical (unpaired) electrons. The van der Waals surface area contributed by atoms with Crippen LogP contribution < -0.4 is 10.5 Å². The van der Waals surface area contributed by atoms with E-state index in [9.17, 15) is 4.79 Å². The molecule has 0 aliphatic rings. The molecule has 5 heteroatoms. The van der Waals surface area contributed by atoms with E-state index in [1.807, 2.05) is 12.1 Å². The molecule has 19 heavy (non-hydrogen) atoms. The predicted molar refractivity (Wildman–Crippen MR) is 75.6 cm³/mol. The fourth-order valence-corrected chi connectivity index (χ4v) is 1.84. The monoisotopic (exact) mass is 285 g/mol.